The number of aliphatic hydroxyl groups excluding tert-OH is 1. The van der Waals surface area contributed by atoms with Crippen molar-refractivity contribution in [2.24, 2.45) is 11.3 Å². The molecule has 0 bridgehead atoms. The average Bonchev–Trinajstić information content (AvgIpc) is 2.28. The summed E-state index contributed by atoms with van der Waals surface area (Å²) in [4.78, 5) is 7.97. The summed E-state index contributed by atoms with van der Waals surface area (Å²) in [5.41, 5.74) is 7.81. The van der Waals surface area contributed by atoms with E-state index in [4.69, 9.17) is 11.6 Å². The molecule has 1 aromatic heterocycles. The first-order valence-electron chi connectivity index (χ1n) is 5.49. The molecule has 1 heterocycles. The number of nitrogens with zero attached hydrogens (tertiary/aromatic N) is 2. The second-order valence-electron chi connectivity index (χ2n) is 4.91. The summed E-state index contributed by atoms with van der Waals surface area (Å²) in [7, 11) is 0. The first-order valence-corrected chi connectivity index (χ1v) is 5.49. The number of hydrazine groups is 1. The number of nitrogen functional groups attached to an aromatic ring is 2. The maximum atomic E-state index is 9.65. The Morgan fingerprint density at radius 1 is 1.41 bits per heavy atom. The number of anilines is 3. The summed E-state index contributed by atoms with van der Waals surface area (Å²) in [6.45, 7) is 4.01. The number of aliphatic hydroxyl groups is 1. The smallest absolute Gasteiger partial charge is 0.223 e. The largest absolute Gasteiger partial charge is 0.392 e. The van der Waals surface area contributed by atoms with E-state index in [2.05, 4.69) is 20.7 Å². The van der Waals surface area contributed by atoms with Crippen LogP contribution in [-0.2, 0) is 0 Å². The number of hydrogen-bond donors (Lipinski definition) is 5. The molecule has 94 valence electrons. The van der Waals surface area contributed by atoms with Crippen molar-refractivity contribution in [3.8, 4) is 0 Å². The van der Waals surface area contributed by atoms with Gasteiger partial charge in [0.1, 0.15) is 11.6 Å². The predicted molar refractivity (Wildman–Crippen MR) is 66.1 cm³/mol. The van der Waals surface area contributed by atoms with E-state index in [1.54, 1.807) is 6.07 Å². The monoisotopic (exact) mass is 238 g/mol. The highest BCUT2D eigenvalue weighted by atomic mass is 16.3. The molecule has 7 N–H and O–H groups in total. The third-order valence-corrected chi connectivity index (χ3v) is 3.43. The third kappa shape index (κ3) is 2.11. The maximum absolute atomic E-state index is 9.65. The zero-order valence-corrected chi connectivity index (χ0v) is 9.94. The van der Waals surface area contributed by atoms with Crippen LogP contribution in [0, 0.1) is 5.41 Å². The van der Waals surface area contributed by atoms with Crippen LogP contribution < -0.4 is 22.3 Å². The van der Waals surface area contributed by atoms with E-state index in [1.165, 1.54) is 0 Å². The Labute approximate surface area is 99.6 Å². The Balaban J connectivity index is 2.12. The minimum absolute atomic E-state index is 0.153. The van der Waals surface area contributed by atoms with Gasteiger partial charge in [0.2, 0.25) is 5.95 Å². The summed E-state index contributed by atoms with van der Waals surface area (Å²) in [5.74, 6) is 6.49. The van der Waals surface area contributed by atoms with Crippen molar-refractivity contribution >= 4 is 17.6 Å². The van der Waals surface area contributed by atoms with Gasteiger partial charge in [0, 0.05) is 17.5 Å². The number of hydrogen-bond acceptors (Lipinski definition) is 7. The molecule has 2 rings (SSSR count). The molecule has 1 saturated carbocycles. The van der Waals surface area contributed by atoms with Crippen molar-refractivity contribution in [1.82, 2.24) is 9.97 Å². The molecule has 0 aromatic carbocycles. The van der Waals surface area contributed by atoms with E-state index in [0.717, 1.165) is 0 Å². The van der Waals surface area contributed by atoms with Crippen LogP contribution in [0.2, 0.25) is 0 Å². The van der Waals surface area contributed by atoms with Gasteiger partial charge in [-0.1, -0.05) is 13.8 Å². The molecule has 2 atom stereocenters. The van der Waals surface area contributed by atoms with Crippen molar-refractivity contribution in [2.75, 3.05) is 16.5 Å². The van der Waals surface area contributed by atoms with Crippen molar-refractivity contribution < 1.29 is 5.11 Å². The van der Waals surface area contributed by atoms with Crippen LogP contribution in [0.3, 0.4) is 0 Å². The molecule has 0 radical (unpaired) electrons. The van der Waals surface area contributed by atoms with Gasteiger partial charge < -0.3 is 21.6 Å². The fraction of sp³-hybridized carbons (Fsp3) is 0.600. The molecule has 17 heavy (non-hydrogen) atoms. The van der Waals surface area contributed by atoms with Gasteiger partial charge in [-0.05, 0) is 6.42 Å². The number of aromatic nitrogens is 2. The Morgan fingerprint density at radius 2 is 2.06 bits per heavy atom. The third-order valence-electron chi connectivity index (χ3n) is 3.43. The van der Waals surface area contributed by atoms with Gasteiger partial charge in [0.05, 0.1) is 6.10 Å². The van der Waals surface area contributed by atoms with Crippen molar-refractivity contribution in [1.29, 1.82) is 0 Å². The van der Waals surface area contributed by atoms with E-state index in [1.807, 2.05) is 13.8 Å². The topological polar surface area (TPSA) is 122 Å². The van der Waals surface area contributed by atoms with E-state index < -0.39 is 0 Å². The zero-order chi connectivity index (χ0) is 12.6. The fourth-order valence-corrected chi connectivity index (χ4v) is 1.94. The molecular formula is C10H18N6O. The molecule has 1 aliphatic rings. The summed E-state index contributed by atoms with van der Waals surface area (Å²) >= 11 is 0. The maximum Gasteiger partial charge on any atom is 0.223 e. The van der Waals surface area contributed by atoms with Crippen LogP contribution >= 0.6 is 0 Å². The van der Waals surface area contributed by atoms with Crippen LogP contribution in [0.25, 0.3) is 0 Å². The zero-order valence-electron chi connectivity index (χ0n) is 9.94. The lowest BCUT2D eigenvalue weighted by atomic mass is 9.64. The Bertz CT molecular complexity index is 421. The Kier molecular flexibility index (Phi) is 2.80. The lowest BCUT2D eigenvalue weighted by molar-refractivity contribution is -0.0511. The average molecular weight is 238 g/mol. The van der Waals surface area contributed by atoms with E-state index >= 15 is 0 Å². The van der Waals surface area contributed by atoms with Crippen molar-refractivity contribution in [3.05, 3.63) is 6.07 Å². The van der Waals surface area contributed by atoms with Gasteiger partial charge >= 0.3 is 0 Å². The van der Waals surface area contributed by atoms with Gasteiger partial charge in [-0.25, -0.2) is 5.84 Å². The van der Waals surface area contributed by atoms with Crippen LogP contribution in [-0.4, -0.2) is 27.2 Å². The van der Waals surface area contributed by atoms with Gasteiger partial charge in [0.15, 0.2) is 0 Å². The first-order chi connectivity index (χ1) is 7.93. The molecule has 1 aliphatic carbocycles. The molecule has 1 fully saturated rings. The SMILES string of the molecule is CC1(C)C(O)CC1Nc1cc(NN)nc(N)n1. The summed E-state index contributed by atoms with van der Waals surface area (Å²) in [5, 5.41) is 12.9. The molecule has 0 amide bonds. The van der Waals surface area contributed by atoms with Crippen LogP contribution in [0.4, 0.5) is 17.6 Å². The molecule has 7 heteroatoms. The first kappa shape index (κ1) is 11.9. The minimum atomic E-state index is -0.286. The van der Waals surface area contributed by atoms with Gasteiger partial charge in [-0.3, -0.25) is 0 Å². The van der Waals surface area contributed by atoms with E-state index in [9.17, 15) is 5.11 Å². The lowest BCUT2D eigenvalue weighted by Gasteiger charge is -2.49. The molecular weight excluding hydrogens is 220 g/mol. The molecule has 0 aliphatic heterocycles. The molecule has 7 nitrogen and oxygen atoms in total. The highest BCUT2D eigenvalue weighted by Gasteiger charge is 2.47. The number of nitrogens with two attached hydrogens (primary N) is 2. The second-order valence-corrected chi connectivity index (χ2v) is 4.91. The molecule has 0 saturated heterocycles. The molecule has 2 unspecified atom stereocenters. The van der Waals surface area contributed by atoms with E-state index in [0.29, 0.717) is 18.1 Å². The fourth-order valence-electron chi connectivity index (χ4n) is 1.94. The Morgan fingerprint density at radius 3 is 2.59 bits per heavy atom. The predicted octanol–water partition coefficient (Wildman–Crippen LogP) is -0.0843. The van der Waals surface area contributed by atoms with Crippen LogP contribution in [0.5, 0.6) is 0 Å². The van der Waals surface area contributed by atoms with Gasteiger partial charge in [-0.2, -0.15) is 9.97 Å². The standard InChI is InChI=1S/C10H18N6O/c1-10(2)5(3-6(10)17)13-7-4-8(16-12)15-9(11)14-7/h4-6,17H,3,12H2,1-2H3,(H4,11,13,14,15,16). The lowest BCUT2D eigenvalue weighted by Crippen LogP contribution is -2.57. The van der Waals surface area contributed by atoms with E-state index in [-0.39, 0.29) is 23.5 Å². The van der Waals surface area contributed by atoms with Crippen molar-refractivity contribution in [3.63, 3.8) is 0 Å². The van der Waals surface area contributed by atoms with Gasteiger partial charge in [0.25, 0.3) is 0 Å². The highest BCUT2D eigenvalue weighted by Crippen LogP contribution is 2.42. The normalized spacial score (nSPS) is 26.1. The molecule has 0 spiro atoms. The van der Waals surface area contributed by atoms with Crippen molar-refractivity contribution in [2.45, 2.75) is 32.4 Å². The second kappa shape index (κ2) is 4.01. The van der Waals surface area contributed by atoms with Gasteiger partial charge in [-0.15, -0.1) is 0 Å². The van der Waals surface area contributed by atoms with Crippen LogP contribution in [0.1, 0.15) is 20.3 Å². The number of nitrogens with one attached hydrogen (secondary N) is 2. The summed E-state index contributed by atoms with van der Waals surface area (Å²) in [6.07, 6.45) is 0.411. The van der Waals surface area contributed by atoms with Crippen LogP contribution in [0.15, 0.2) is 6.07 Å². The summed E-state index contributed by atoms with van der Waals surface area (Å²) in [6, 6.07) is 1.84. The Hall–Kier alpha value is -1.60. The quantitative estimate of drug-likeness (QED) is 0.368. The summed E-state index contributed by atoms with van der Waals surface area (Å²) < 4.78 is 0. The number of rotatable bonds is 3. The molecule has 1 aromatic rings. The minimum Gasteiger partial charge on any atom is -0.392 e. The highest BCUT2D eigenvalue weighted by molar-refractivity contribution is 5.51.